The number of carbonyl (C=O) groups is 1. The number of para-hydroxylation sites is 1. The summed E-state index contributed by atoms with van der Waals surface area (Å²) in [5, 5.41) is 5.27. The smallest absolute Gasteiger partial charge is 0.342 e. The van der Waals surface area contributed by atoms with E-state index in [1.807, 2.05) is 59.5 Å². The first-order chi connectivity index (χ1) is 16.0. The third-order valence-electron chi connectivity index (χ3n) is 7.37. The van der Waals surface area contributed by atoms with Gasteiger partial charge in [0.2, 0.25) is 5.91 Å². The van der Waals surface area contributed by atoms with Crippen molar-refractivity contribution in [3.63, 3.8) is 0 Å². The van der Waals surface area contributed by atoms with Crippen molar-refractivity contribution in [2.75, 3.05) is 13.1 Å². The highest BCUT2D eigenvalue weighted by atomic mass is 35.5. The Labute approximate surface area is 198 Å². The summed E-state index contributed by atoms with van der Waals surface area (Å²) in [6.45, 7) is 1.36. The van der Waals surface area contributed by atoms with E-state index in [4.69, 9.17) is 11.6 Å². The van der Waals surface area contributed by atoms with E-state index in [0.717, 1.165) is 55.6 Å². The van der Waals surface area contributed by atoms with E-state index in [1.54, 1.807) is 11.6 Å². The highest BCUT2D eigenvalue weighted by Crippen LogP contribution is 2.44. The van der Waals surface area contributed by atoms with Crippen LogP contribution in [0.5, 0.6) is 0 Å². The first-order valence-corrected chi connectivity index (χ1v) is 12.1. The summed E-state index contributed by atoms with van der Waals surface area (Å²) in [6.07, 6.45) is 5.52. The molecule has 1 aromatic heterocycles. The van der Waals surface area contributed by atoms with Gasteiger partial charge in [0.05, 0.1) is 11.1 Å². The molecule has 0 bridgehead atoms. The lowest BCUT2D eigenvalue weighted by atomic mass is 9.77. The van der Waals surface area contributed by atoms with Crippen LogP contribution in [0.2, 0.25) is 5.02 Å². The number of halogens is 1. The standard InChI is InChI=1S/C26H29ClN4O2/c1-29-25(33)31(22-7-3-2-4-8-22)23(28-29)19-13-17-30(18-14-19)24(32)26(15-5-6-16-26)20-9-11-21(27)12-10-20/h2-4,7-12,19H,5-6,13-18H2,1H3. The molecule has 2 heterocycles. The van der Waals surface area contributed by atoms with Crippen molar-refractivity contribution < 1.29 is 4.79 Å². The molecule has 33 heavy (non-hydrogen) atoms. The molecule has 5 rings (SSSR count). The summed E-state index contributed by atoms with van der Waals surface area (Å²) < 4.78 is 3.13. The quantitative estimate of drug-likeness (QED) is 0.573. The van der Waals surface area contributed by atoms with Crippen LogP contribution in [-0.4, -0.2) is 38.2 Å². The van der Waals surface area contributed by atoms with Crippen LogP contribution in [0.4, 0.5) is 0 Å². The second-order valence-corrected chi connectivity index (χ2v) is 9.73. The lowest BCUT2D eigenvalue weighted by Gasteiger charge is -2.38. The second kappa shape index (κ2) is 8.82. The van der Waals surface area contributed by atoms with Crippen molar-refractivity contribution in [3.8, 4) is 5.69 Å². The number of benzene rings is 2. The van der Waals surface area contributed by atoms with Crippen molar-refractivity contribution in [2.24, 2.45) is 7.05 Å². The fourth-order valence-electron chi connectivity index (χ4n) is 5.58. The molecule has 1 saturated heterocycles. The van der Waals surface area contributed by atoms with E-state index in [2.05, 4.69) is 5.10 Å². The highest BCUT2D eigenvalue weighted by Gasteiger charge is 2.45. The number of rotatable bonds is 4. The number of aromatic nitrogens is 3. The molecule has 0 spiro atoms. The number of carbonyl (C=O) groups excluding carboxylic acids is 1. The van der Waals surface area contributed by atoms with Crippen LogP contribution in [0.1, 0.15) is 55.8 Å². The van der Waals surface area contributed by atoms with Crippen molar-refractivity contribution in [3.05, 3.63) is 81.5 Å². The van der Waals surface area contributed by atoms with Crippen LogP contribution >= 0.6 is 11.6 Å². The monoisotopic (exact) mass is 464 g/mol. The lowest BCUT2D eigenvalue weighted by molar-refractivity contribution is -0.138. The van der Waals surface area contributed by atoms with Gasteiger partial charge >= 0.3 is 5.69 Å². The molecule has 2 aromatic carbocycles. The van der Waals surface area contributed by atoms with Gasteiger partial charge in [0, 0.05) is 31.1 Å². The van der Waals surface area contributed by atoms with E-state index in [0.29, 0.717) is 18.1 Å². The Morgan fingerprint density at radius 3 is 2.27 bits per heavy atom. The summed E-state index contributed by atoms with van der Waals surface area (Å²) >= 11 is 6.11. The SMILES string of the molecule is Cn1nc(C2CCN(C(=O)C3(c4ccc(Cl)cc4)CCCC3)CC2)n(-c2ccccc2)c1=O. The largest absolute Gasteiger partial charge is 0.350 e. The minimum absolute atomic E-state index is 0.137. The lowest BCUT2D eigenvalue weighted by Crippen LogP contribution is -2.48. The topological polar surface area (TPSA) is 60.1 Å². The van der Waals surface area contributed by atoms with Gasteiger partial charge in [-0.25, -0.2) is 14.0 Å². The summed E-state index contributed by atoms with van der Waals surface area (Å²) in [6, 6.07) is 17.5. The number of likely N-dealkylation sites (tertiary alicyclic amines) is 1. The molecule has 1 aliphatic heterocycles. The van der Waals surface area contributed by atoms with Gasteiger partial charge in [-0.05, 0) is 55.5 Å². The number of hydrogen-bond acceptors (Lipinski definition) is 3. The fourth-order valence-corrected chi connectivity index (χ4v) is 5.71. The Kier molecular flexibility index (Phi) is 5.87. The first kappa shape index (κ1) is 22.0. The van der Waals surface area contributed by atoms with Crippen LogP contribution in [-0.2, 0) is 17.3 Å². The van der Waals surface area contributed by atoms with E-state index in [1.165, 1.54) is 4.68 Å². The maximum absolute atomic E-state index is 13.8. The molecule has 3 aromatic rings. The number of piperidine rings is 1. The van der Waals surface area contributed by atoms with Crippen molar-refractivity contribution in [2.45, 2.75) is 49.9 Å². The van der Waals surface area contributed by atoms with Gasteiger partial charge in [-0.15, -0.1) is 0 Å². The molecule has 0 atom stereocenters. The normalized spacial score (nSPS) is 18.5. The van der Waals surface area contributed by atoms with Crippen LogP contribution in [0.15, 0.2) is 59.4 Å². The average molecular weight is 465 g/mol. The fraction of sp³-hybridized carbons (Fsp3) is 0.423. The zero-order chi connectivity index (χ0) is 23.0. The Morgan fingerprint density at radius 2 is 1.64 bits per heavy atom. The van der Waals surface area contributed by atoms with Gasteiger partial charge < -0.3 is 4.90 Å². The molecule has 1 saturated carbocycles. The maximum Gasteiger partial charge on any atom is 0.350 e. The molecule has 0 radical (unpaired) electrons. The second-order valence-electron chi connectivity index (χ2n) is 9.30. The highest BCUT2D eigenvalue weighted by molar-refractivity contribution is 6.30. The van der Waals surface area contributed by atoms with Crippen molar-refractivity contribution >= 4 is 17.5 Å². The van der Waals surface area contributed by atoms with Gasteiger partial charge in [0.1, 0.15) is 5.82 Å². The molecule has 1 aliphatic carbocycles. The third-order valence-corrected chi connectivity index (χ3v) is 7.63. The van der Waals surface area contributed by atoms with E-state index in [9.17, 15) is 9.59 Å². The maximum atomic E-state index is 13.8. The van der Waals surface area contributed by atoms with Gasteiger partial charge in [-0.3, -0.25) is 4.79 Å². The molecule has 2 fully saturated rings. The number of hydrogen-bond donors (Lipinski definition) is 0. The Balaban J connectivity index is 1.37. The summed E-state index contributed by atoms with van der Waals surface area (Å²) in [5.74, 6) is 1.16. The number of aryl methyl sites for hydroxylation is 1. The zero-order valence-corrected chi connectivity index (χ0v) is 19.7. The molecule has 6 nitrogen and oxygen atoms in total. The minimum Gasteiger partial charge on any atom is -0.342 e. The van der Waals surface area contributed by atoms with Crippen LogP contribution in [0.3, 0.4) is 0 Å². The predicted molar refractivity (Wildman–Crippen MR) is 129 cm³/mol. The van der Waals surface area contributed by atoms with Gasteiger partial charge in [0.15, 0.2) is 0 Å². The zero-order valence-electron chi connectivity index (χ0n) is 18.9. The number of amides is 1. The van der Waals surface area contributed by atoms with Crippen molar-refractivity contribution in [1.29, 1.82) is 0 Å². The third kappa shape index (κ3) is 3.90. The summed E-state index contributed by atoms with van der Waals surface area (Å²) in [7, 11) is 1.69. The van der Waals surface area contributed by atoms with Crippen molar-refractivity contribution in [1.82, 2.24) is 19.2 Å². The molecule has 0 N–H and O–H groups in total. The molecule has 172 valence electrons. The Hall–Kier alpha value is -2.86. The molecular weight excluding hydrogens is 436 g/mol. The minimum atomic E-state index is -0.436. The Morgan fingerprint density at radius 1 is 1.00 bits per heavy atom. The first-order valence-electron chi connectivity index (χ1n) is 11.8. The van der Waals surface area contributed by atoms with E-state index >= 15 is 0 Å². The molecule has 0 unspecified atom stereocenters. The van der Waals surface area contributed by atoms with E-state index in [-0.39, 0.29) is 17.5 Å². The average Bonchev–Trinajstić information content (AvgIpc) is 3.46. The molecule has 1 amide bonds. The Bertz CT molecular complexity index is 1190. The summed E-state index contributed by atoms with van der Waals surface area (Å²) in [4.78, 5) is 28.6. The summed E-state index contributed by atoms with van der Waals surface area (Å²) in [5.41, 5.74) is 1.34. The van der Waals surface area contributed by atoms with Gasteiger partial charge in [-0.2, -0.15) is 5.10 Å². The molecule has 2 aliphatic rings. The van der Waals surface area contributed by atoms with Crippen LogP contribution < -0.4 is 5.69 Å². The predicted octanol–water partition coefficient (Wildman–Crippen LogP) is 4.44. The molecule has 7 heteroatoms. The van der Waals surface area contributed by atoms with Crippen LogP contribution in [0.25, 0.3) is 5.69 Å². The van der Waals surface area contributed by atoms with Crippen LogP contribution in [0, 0.1) is 0 Å². The number of nitrogens with zero attached hydrogens (tertiary/aromatic N) is 4. The molecular formula is C26H29ClN4O2. The van der Waals surface area contributed by atoms with E-state index < -0.39 is 5.41 Å². The van der Waals surface area contributed by atoms with Gasteiger partial charge in [0.25, 0.3) is 0 Å². The van der Waals surface area contributed by atoms with Gasteiger partial charge in [-0.1, -0.05) is 54.8 Å².